The van der Waals surface area contributed by atoms with Crippen molar-refractivity contribution in [1.82, 2.24) is 15.5 Å². The summed E-state index contributed by atoms with van der Waals surface area (Å²) in [5.41, 5.74) is 0.932. The lowest BCUT2D eigenvalue weighted by Gasteiger charge is -2.26. The molecule has 3 N–H and O–H groups in total. The molecule has 0 aromatic heterocycles. The van der Waals surface area contributed by atoms with E-state index >= 15 is 0 Å². The fourth-order valence-electron chi connectivity index (χ4n) is 3.20. The molecule has 0 aliphatic rings. The molecule has 0 radical (unpaired) electrons. The molecule has 154 valence electrons. The van der Waals surface area contributed by atoms with Crippen LogP contribution < -0.4 is 10.6 Å². The van der Waals surface area contributed by atoms with E-state index in [9.17, 15) is 9.50 Å². The second-order valence-corrected chi connectivity index (χ2v) is 7.64. The number of nitrogens with one attached hydrogen (secondary N) is 2. The van der Waals surface area contributed by atoms with Crippen molar-refractivity contribution in [2.24, 2.45) is 16.8 Å². The van der Waals surface area contributed by atoms with Crippen molar-refractivity contribution < 1.29 is 9.50 Å². The Morgan fingerprint density at radius 1 is 1.26 bits per heavy atom. The Kier molecular flexibility index (Phi) is 11.0. The summed E-state index contributed by atoms with van der Waals surface area (Å²) in [7, 11) is 3.97. The van der Waals surface area contributed by atoms with Crippen LogP contribution in [0.25, 0.3) is 0 Å². The summed E-state index contributed by atoms with van der Waals surface area (Å²) in [6.07, 6.45) is 1.82. The third-order valence-corrected chi connectivity index (χ3v) is 4.51. The summed E-state index contributed by atoms with van der Waals surface area (Å²) in [5.74, 6) is 1.49. The number of guanidine groups is 1. The summed E-state index contributed by atoms with van der Waals surface area (Å²) in [4.78, 5) is 6.79. The van der Waals surface area contributed by atoms with Crippen LogP contribution in [-0.2, 0) is 0 Å². The maximum atomic E-state index is 13.6. The number of aliphatic hydroxyl groups is 1. The summed E-state index contributed by atoms with van der Waals surface area (Å²) >= 11 is 0. The highest BCUT2D eigenvalue weighted by atomic mass is 19.1. The minimum absolute atomic E-state index is 0.0356. The van der Waals surface area contributed by atoms with Gasteiger partial charge in [-0.25, -0.2) is 4.39 Å². The highest BCUT2D eigenvalue weighted by Gasteiger charge is 2.16. The number of aliphatic hydroxyl groups excluding tert-OH is 1. The van der Waals surface area contributed by atoms with Crippen molar-refractivity contribution in [3.8, 4) is 0 Å². The molecule has 1 aromatic rings. The normalized spacial score (nSPS) is 14.5. The smallest absolute Gasteiger partial charge is 0.191 e. The molecule has 0 heterocycles. The van der Waals surface area contributed by atoms with Crippen molar-refractivity contribution in [3.05, 3.63) is 35.6 Å². The maximum absolute atomic E-state index is 13.6. The Balaban J connectivity index is 2.78. The van der Waals surface area contributed by atoms with Crippen LogP contribution in [0.3, 0.4) is 0 Å². The van der Waals surface area contributed by atoms with Crippen LogP contribution in [0, 0.1) is 17.7 Å². The van der Waals surface area contributed by atoms with Crippen molar-refractivity contribution >= 4 is 5.96 Å². The molecule has 0 saturated carbocycles. The summed E-state index contributed by atoms with van der Waals surface area (Å²) in [6, 6.07) is 6.76. The van der Waals surface area contributed by atoms with Gasteiger partial charge >= 0.3 is 0 Å². The lowest BCUT2D eigenvalue weighted by molar-refractivity contribution is 0.245. The fourth-order valence-corrected chi connectivity index (χ4v) is 3.20. The molecular formula is C21H37FN4O. The average molecular weight is 381 g/mol. The second-order valence-electron chi connectivity index (χ2n) is 7.64. The number of benzene rings is 1. The Morgan fingerprint density at radius 3 is 2.56 bits per heavy atom. The molecule has 0 fully saturated rings. The van der Waals surface area contributed by atoms with Gasteiger partial charge in [-0.1, -0.05) is 26.0 Å². The highest BCUT2D eigenvalue weighted by molar-refractivity contribution is 5.79. The van der Waals surface area contributed by atoms with Crippen molar-refractivity contribution in [2.75, 3.05) is 40.3 Å². The molecule has 1 aromatic carbocycles. The van der Waals surface area contributed by atoms with Gasteiger partial charge in [0.05, 0.1) is 6.04 Å². The predicted octanol–water partition coefficient (Wildman–Crippen LogP) is 3.03. The molecule has 0 aliphatic carbocycles. The van der Waals surface area contributed by atoms with Crippen molar-refractivity contribution in [2.45, 2.75) is 39.7 Å². The van der Waals surface area contributed by atoms with Crippen molar-refractivity contribution in [1.29, 1.82) is 0 Å². The number of rotatable bonds is 11. The summed E-state index contributed by atoms with van der Waals surface area (Å²) < 4.78 is 13.6. The van der Waals surface area contributed by atoms with Crippen LogP contribution in [0.2, 0.25) is 0 Å². The first-order chi connectivity index (χ1) is 12.9. The van der Waals surface area contributed by atoms with Crippen LogP contribution in [0.15, 0.2) is 29.3 Å². The van der Waals surface area contributed by atoms with Crippen LogP contribution in [0.1, 0.15) is 45.2 Å². The number of hydrogen-bond acceptors (Lipinski definition) is 3. The molecule has 2 atom stereocenters. The van der Waals surface area contributed by atoms with Gasteiger partial charge in [0.15, 0.2) is 5.96 Å². The Labute approximate surface area is 164 Å². The minimum atomic E-state index is -0.222. The van der Waals surface area contributed by atoms with Crippen LogP contribution in [-0.4, -0.2) is 56.3 Å². The van der Waals surface area contributed by atoms with E-state index in [0.29, 0.717) is 24.9 Å². The molecule has 0 amide bonds. The summed E-state index contributed by atoms with van der Waals surface area (Å²) in [5, 5.41) is 15.9. The van der Waals surface area contributed by atoms with E-state index in [4.69, 9.17) is 4.99 Å². The molecule has 27 heavy (non-hydrogen) atoms. The van der Waals surface area contributed by atoms with E-state index in [1.54, 1.807) is 12.1 Å². The van der Waals surface area contributed by atoms with E-state index in [2.05, 4.69) is 29.4 Å². The quantitative estimate of drug-likeness (QED) is 0.408. The lowest BCUT2D eigenvalue weighted by Crippen LogP contribution is -2.42. The van der Waals surface area contributed by atoms with E-state index in [-0.39, 0.29) is 18.5 Å². The van der Waals surface area contributed by atoms with E-state index in [1.807, 2.05) is 27.1 Å². The Hall–Kier alpha value is -1.66. The highest BCUT2D eigenvalue weighted by Crippen LogP contribution is 2.18. The molecule has 5 nitrogen and oxygen atoms in total. The Bertz CT molecular complexity index is 563. The zero-order chi connectivity index (χ0) is 20.2. The zero-order valence-electron chi connectivity index (χ0n) is 17.5. The topological polar surface area (TPSA) is 59.9 Å². The average Bonchev–Trinajstić information content (AvgIpc) is 2.59. The molecule has 2 unspecified atom stereocenters. The SMILES string of the molecule is CCNC(=NCC(CCO)CC(C)C)NCC(c1cccc(F)c1)N(C)C. The maximum Gasteiger partial charge on any atom is 0.191 e. The monoisotopic (exact) mass is 380 g/mol. The number of halogens is 1. The lowest BCUT2D eigenvalue weighted by atomic mass is 9.94. The number of nitrogens with zero attached hydrogens (tertiary/aromatic N) is 2. The minimum Gasteiger partial charge on any atom is -0.396 e. The van der Waals surface area contributed by atoms with Gasteiger partial charge in [-0.05, 0) is 63.4 Å². The predicted molar refractivity (Wildman–Crippen MR) is 111 cm³/mol. The summed E-state index contributed by atoms with van der Waals surface area (Å²) in [6.45, 7) is 8.69. The van der Waals surface area contributed by atoms with Gasteiger partial charge in [0, 0.05) is 26.2 Å². The number of likely N-dealkylation sites (N-methyl/N-ethyl adjacent to an activating group) is 1. The molecule has 0 aliphatic heterocycles. The first kappa shape index (κ1) is 23.4. The van der Waals surface area contributed by atoms with E-state index < -0.39 is 0 Å². The zero-order valence-corrected chi connectivity index (χ0v) is 17.5. The third-order valence-electron chi connectivity index (χ3n) is 4.51. The van der Waals surface area contributed by atoms with E-state index in [1.165, 1.54) is 6.07 Å². The van der Waals surface area contributed by atoms with Crippen molar-refractivity contribution in [3.63, 3.8) is 0 Å². The van der Waals surface area contributed by atoms with Gasteiger partial charge in [0.25, 0.3) is 0 Å². The molecular weight excluding hydrogens is 343 g/mol. The third kappa shape index (κ3) is 9.20. The van der Waals surface area contributed by atoms with Gasteiger partial charge in [-0.3, -0.25) is 4.99 Å². The molecule has 0 spiro atoms. The fraction of sp³-hybridized carbons (Fsp3) is 0.667. The van der Waals surface area contributed by atoms with Crippen LogP contribution in [0.4, 0.5) is 4.39 Å². The molecule has 1 rings (SSSR count). The molecule has 0 saturated heterocycles. The van der Waals surface area contributed by atoms with Crippen LogP contribution in [0.5, 0.6) is 0 Å². The standard InChI is InChI=1S/C21H37FN4O/c1-6-23-21(24-14-17(10-11-27)12-16(2)3)25-15-20(26(4)5)18-8-7-9-19(22)13-18/h7-9,13,16-17,20,27H,6,10-12,14-15H2,1-5H3,(H2,23,24,25). The van der Waals surface area contributed by atoms with Gasteiger partial charge in [-0.15, -0.1) is 0 Å². The first-order valence-electron chi connectivity index (χ1n) is 9.92. The second kappa shape index (κ2) is 12.7. The number of hydrogen-bond donors (Lipinski definition) is 3. The van der Waals surface area contributed by atoms with E-state index in [0.717, 1.165) is 30.9 Å². The first-order valence-corrected chi connectivity index (χ1v) is 9.92. The van der Waals surface area contributed by atoms with Gasteiger partial charge in [-0.2, -0.15) is 0 Å². The van der Waals surface area contributed by atoms with Crippen LogP contribution >= 0.6 is 0 Å². The molecule has 0 bridgehead atoms. The van der Waals surface area contributed by atoms with Gasteiger partial charge < -0.3 is 20.6 Å². The Morgan fingerprint density at radius 2 is 2.00 bits per heavy atom. The largest absolute Gasteiger partial charge is 0.396 e. The van der Waals surface area contributed by atoms with Gasteiger partial charge in [0.1, 0.15) is 5.82 Å². The van der Waals surface area contributed by atoms with Gasteiger partial charge in [0.2, 0.25) is 0 Å². The molecule has 6 heteroatoms. The number of aliphatic imine (C=N–C) groups is 1.